The van der Waals surface area contributed by atoms with Crippen molar-refractivity contribution in [1.82, 2.24) is 58.1 Å². The van der Waals surface area contributed by atoms with Gasteiger partial charge in [0, 0.05) is 32.7 Å². The van der Waals surface area contributed by atoms with Crippen LogP contribution in [0.5, 0.6) is 5.75 Å². The smallest absolute Gasteiger partial charge is 0.303 e. The highest BCUT2D eigenvalue weighted by atomic mass is 32.2. The number of phenols is 1. The molecule has 0 radical (unpaired) electrons. The number of benzene rings is 1. The first-order valence-corrected chi connectivity index (χ1v) is 29.3. The monoisotopic (exact) mass is 1250 g/mol. The highest BCUT2D eigenvalue weighted by Crippen LogP contribution is 2.22. The summed E-state index contributed by atoms with van der Waals surface area (Å²) in [4.78, 5) is 197. The van der Waals surface area contributed by atoms with Crippen molar-refractivity contribution in [2.45, 2.75) is 160 Å². The van der Waals surface area contributed by atoms with Gasteiger partial charge in [0.1, 0.15) is 60.1 Å². The minimum Gasteiger partial charge on any atom is -0.508 e. The van der Waals surface area contributed by atoms with E-state index in [0.717, 1.165) is 6.92 Å². The van der Waals surface area contributed by atoms with E-state index in [1.54, 1.807) is 34.0 Å². The Morgan fingerprint density at radius 2 is 1.09 bits per heavy atom. The molecule has 33 heteroatoms. The number of aromatic hydroxyl groups is 1. The minimum absolute atomic E-state index is 0.0226. The van der Waals surface area contributed by atoms with Crippen LogP contribution in [0, 0.1) is 11.8 Å². The van der Waals surface area contributed by atoms with E-state index in [2.05, 4.69) is 53.2 Å². The average Bonchev–Trinajstić information content (AvgIpc) is 2.85. The zero-order valence-electron chi connectivity index (χ0n) is 49.4. The largest absolute Gasteiger partial charge is 0.508 e. The second kappa shape index (κ2) is 37.2. The fourth-order valence-corrected chi connectivity index (χ4v) is 9.16. The topological polar surface area (TPSA) is 507 Å². The summed E-state index contributed by atoms with van der Waals surface area (Å²) in [6, 6.07) is -9.11. The van der Waals surface area contributed by atoms with Crippen LogP contribution in [0.3, 0.4) is 0 Å². The predicted molar refractivity (Wildman–Crippen MR) is 308 cm³/mol. The summed E-state index contributed by atoms with van der Waals surface area (Å²) in [7, 11) is 0. The maximum Gasteiger partial charge on any atom is 0.303 e. The van der Waals surface area contributed by atoms with Gasteiger partial charge in [0.25, 0.3) is 5.91 Å². The van der Waals surface area contributed by atoms with Crippen LogP contribution in [0.1, 0.15) is 98.5 Å². The Balaban J connectivity index is 2.18. The van der Waals surface area contributed by atoms with Gasteiger partial charge in [-0.1, -0.05) is 46.8 Å². The fourth-order valence-electron chi connectivity index (χ4n) is 8.69. The summed E-state index contributed by atoms with van der Waals surface area (Å²) in [6.45, 7) is 6.09. The number of thioether (sulfide) groups is 1. The van der Waals surface area contributed by atoms with E-state index in [0.29, 0.717) is 12.0 Å². The number of hydrogen-bond donors (Lipinski definition) is 16. The first-order chi connectivity index (χ1) is 40.9. The number of carboxylic acid groups (broad SMARTS) is 2. The average molecular weight is 1250 g/mol. The third-order valence-electron chi connectivity index (χ3n) is 13.5. The molecular weight excluding hydrogens is 1170 g/mol. The predicted octanol–water partition coefficient (Wildman–Crippen LogP) is -5.33. The van der Waals surface area contributed by atoms with E-state index in [-0.39, 0.29) is 50.2 Å². The van der Waals surface area contributed by atoms with Gasteiger partial charge in [-0.25, -0.2) is 0 Å². The van der Waals surface area contributed by atoms with E-state index in [1.165, 1.54) is 47.9 Å². The summed E-state index contributed by atoms with van der Waals surface area (Å²) in [6.07, 6.45) is -0.388. The Morgan fingerprint density at radius 3 is 1.60 bits per heavy atom. The molecule has 32 nitrogen and oxygen atoms in total. The number of nitrogens with two attached hydrogens (primary N) is 1. The van der Waals surface area contributed by atoms with Crippen molar-refractivity contribution in [3.05, 3.63) is 29.8 Å². The Kier molecular flexibility index (Phi) is 31.9. The van der Waals surface area contributed by atoms with Crippen LogP contribution in [0.4, 0.5) is 0 Å². The lowest BCUT2D eigenvalue weighted by molar-refractivity contribution is -0.144. The zero-order valence-corrected chi connectivity index (χ0v) is 50.2. The molecule has 1 heterocycles. The van der Waals surface area contributed by atoms with Gasteiger partial charge in [0.05, 0.1) is 25.8 Å². The van der Waals surface area contributed by atoms with Crippen molar-refractivity contribution >= 4 is 100 Å². The number of nitrogens with zero attached hydrogens (tertiary/aromatic N) is 1. The molecule has 1 aliphatic rings. The quantitative estimate of drug-likeness (QED) is 0.0275. The standard InChI is InChI=1S/C54H82N12O20S/c1-8-31(44(76)53(85)56-23-39(71)58-34(19-21-87-7)47(79)63-37(25-68)50(82)61-35(22-29-11-13-30(70)14-12-29)49(81)62-36(24-67)45(55)77)59-51(83)38-10-9-20-66(38)54(86)43(27(4)5)65-52(84)42(26(2)3)64-48(80)33(16-18-41(74)75)60-46(78)32(57-28(6)69)15-17-40(72)73/h11-14,26-27,31-38,42-43,67-68,70H,8-10,15-25H2,1-7H3,(H2,55,77)(H,56,85)(H,57,69)(H,58,71)(H,59,83)(H,60,78)(H,61,82)(H,62,81)(H,63,79)(H,64,80)(H,65,84)(H,72,73)(H,74,75)/t31-,32-,33-,34-,35-,36-,37-,38?,42-,43-/m0/s1. The number of ketones is 1. The number of amides is 12. The number of hydrogen-bond acceptors (Lipinski definition) is 19. The summed E-state index contributed by atoms with van der Waals surface area (Å²) < 4.78 is 0. The van der Waals surface area contributed by atoms with Crippen LogP contribution >= 0.6 is 11.8 Å². The number of nitrogens with one attached hydrogen (secondary N) is 10. The van der Waals surface area contributed by atoms with E-state index in [4.69, 9.17) is 10.8 Å². The molecule has 1 unspecified atom stereocenters. The number of aliphatic hydroxyl groups is 2. The minimum atomic E-state index is -1.73. The van der Waals surface area contributed by atoms with E-state index in [9.17, 15) is 92.3 Å². The van der Waals surface area contributed by atoms with Crippen molar-refractivity contribution in [3.8, 4) is 5.75 Å². The molecule has 0 spiro atoms. The second-order valence-electron chi connectivity index (χ2n) is 21.1. The maximum absolute atomic E-state index is 14.3. The van der Waals surface area contributed by atoms with Gasteiger partial charge in [-0.2, -0.15) is 11.8 Å². The molecule has 0 bridgehead atoms. The first-order valence-electron chi connectivity index (χ1n) is 27.9. The lowest BCUT2D eigenvalue weighted by Gasteiger charge is -2.33. The number of Topliss-reactive ketones (excluding diaryl/α,β-unsaturated/α-hetero) is 1. The lowest BCUT2D eigenvalue weighted by atomic mass is 9.98. The van der Waals surface area contributed by atoms with Gasteiger partial charge in [-0.15, -0.1) is 0 Å². The number of aliphatic hydroxyl groups excluding tert-OH is 2. The molecule has 484 valence electrons. The summed E-state index contributed by atoms with van der Waals surface area (Å²) >= 11 is 1.27. The highest BCUT2D eigenvalue weighted by molar-refractivity contribution is 7.98. The van der Waals surface area contributed by atoms with Crippen LogP contribution in [-0.2, 0) is 78.3 Å². The molecule has 1 fully saturated rings. The van der Waals surface area contributed by atoms with Crippen molar-refractivity contribution in [2.24, 2.45) is 17.6 Å². The molecule has 1 saturated heterocycles. The number of carboxylic acids is 2. The molecule has 0 aromatic heterocycles. The van der Waals surface area contributed by atoms with E-state index < -0.39 is 200 Å². The number of rotatable bonds is 38. The molecular formula is C54H82N12O20S. The van der Waals surface area contributed by atoms with Gasteiger partial charge < -0.3 is 89.3 Å². The van der Waals surface area contributed by atoms with Gasteiger partial charge in [0.15, 0.2) is 0 Å². The van der Waals surface area contributed by atoms with E-state index in [1.807, 2.05) is 0 Å². The SMILES string of the molecule is CC[C@H](NC(=O)C1CCCN1C(=O)[C@@H](NC(=O)[C@@H](NC(=O)[C@H](CCC(=O)O)NC(=O)[C@H](CCC(=O)O)NC(C)=O)C(C)C)C(C)C)C(=O)C(=O)NCC(=O)N[C@@H](CCSC)C(=O)N[C@@H](CO)C(=O)N[C@@H](Cc1ccc(O)cc1)C(=O)N[C@@H](CO)C(N)=O. The number of primary amides is 1. The molecule has 1 aromatic rings. The highest BCUT2D eigenvalue weighted by Gasteiger charge is 2.42. The maximum atomic E-state index is 14.3. The molecule has 1 aliphatic heterocycles. The molecule has 2 rings (SSSR count). The lowest BCUT2D eigenvalue weighted by Crippen LogP contribution is -2.61. The van der Waals surface area contributed by atoms with Gasteiger partial charge >= 0.3 is 11.9 Å². The Labute approximate surface area is 505 Å². The van der Waals surface area contributed by atoms with Gasteiger partial charge in [-0.3, -0.25) is 71.9 Å². The van der Waals surface area contributed by atoms with Crippen molar-refractivity contribution in [3.63, 3.8) is 0 Å². The number of likely N-dealkylation sites (tertiary alicyclic amines) is 1. The number of carbonyl (C=O) groups is 15. The number of carbonyl (C=O) groups excluding carboxylic acids is 13. The summed E-state index contributed by atoms with van der Waals surface area (Å²) in [5.41, 5.74) is 5.65. The molecule has 17 N–H and O–H groups in total. The van der Waals surface area contributed by atoms with Crippen LogP contribution in [-0.4, -0.2) is 218 Å². The third kappa shape index (κ3) is 25.2. The van der Waals surface area contributed by atoms with Gasteiger partial charge in [-0.05, 0) is 80.1 Å². The summed E-state index contributed by atoms with van der Waals surface area (Å²) in [5, 5.41) is 71.5. The van der Waals surface area contributed by atoms with Crippen LogP contribution in [0.25, 0.3) is 0 Å². The van der Waals surface area contributed by atoms with Crippen molar-refractivity contribution in [2.75, 3.05) is 38.3 Å². The number of aliphatic carboxylic acids is 2. The Hall–Kier alpha value is -8.46. The third-order valence-corrected chi connectivity index (χ3v) is 14.2. The molecule has 0 aliphatic carbocycles. The first kappa shape index (κ1) is 74.6. The molecule has 10 atom stereocenters. The molecule has 87 heavy (non-hydrogen) atoms. The Bertz CT molecular complexity index is 2640. The molecule has 12 amide bonds. The fraction of sp³-hybridized carbons (Fsp3) is 0.611. The van der Waals surface area contributed by atoms with Crippen molar-refractivity contribution < 1.29 is 97.5 Å². The molecule has 0 saturated carbocycles. The van der Waals surface area contributed by atoms with Crippen LogP contribution < -0.4 is 58.9 Å². The zero-order chi connectivity index (χ0) is 65.8. The second-order valence-corrected chi connectivity index (χ2v) is 22.1. The van der Waals surface area contributed by atoms with E-state index >= 15 is 0 Å². The normalized spacial score (nSPS) is 15.9. The molecule has 1 aromatic carbocycles. The van der Waals surface area contributed by atoms with Crippen LogP contribution in [0.2, 0.25) is 0 Å². The van der Waals surface area contributed by atoms with Crippen molar-refractivity contribution in [1.29, 1.82) is 0 Å². The van der Waals surface area contributed by atoms with Gasteiger partial charge in [0.2, 0.25) is 70.8 Å². The van der Waals surface area contributed by atoms with Crippen LogP contribution in [0.15, 0.2) is 24.3 Å². The Morgan fingerprint density at radius 1 is 0.609 bits per heavy atom. The summed E-state index contributed by atoms with van der Waals surface area (Å²) in [5.74, 6) is -16.6. The number of phenolic OH excluding ortho intramolecular Hbond substituents is 1.